The van der Waals surface area contributed by atoms with Crippen LogP contribution in [0.25, 0.3) is 17.0 Å². The van der Waals surface area contributed by atoms with E-state index in [0.29, 0.717) is 0 Å². The van der Waals surface area contributed by atoms with Gasteiger partial charge in [-0.05, 0) is 30.7 Å². The average molecular weight is 227 g/mol. The summed E-state index contributed by atoms with van der Waals surface area (Å²) in [6.07, 6.45) is 5.05. The minimum absolute atomic E-state index is 0.0282. The van der Waals surface area contributed by atoms with Crippen LogP contribution in [-0.2, 0) is 9.59 Å². The number of Topliss-reactive ketones (excluding diaryl/α,β-unsaturated/α-hetero) is 1. The van der Waals surface area contributed by atoms with Crippen LogP contribution in [0.4, 0.5) is 0 Å². The van der Waals surface area contributed by atoms with Crippen molar-refractivity contribution in [1.82, 2.24) is 4.98 Å². The van der Waals surface area contributed by atoms with Crippen molar-refractivity contribution in [3.8, 4) is 0 Å². The van der Waals surface area contributed by atoms with Crippen molar-refractivity contribution in [2.75, 3.05) is 0 Å². The summed E-state index contributed by atoms with van der Waals surface area (Å²) >= 11 is 0. The summed E-state index contributed by atoms with van der Waals surface area (Å²) in [6, 6.07) is 7.80. The lowest BCUT2D eigenvalue weighted by Crippen LogP contribution is -1.99. The van der Waals surface area contributed by atoms with Gasteiger partial charge < -0.3 is 4.98 Å². The molecule has 0 aliphatic carbocycles. The zero-order valence-corrected chi connectivity index (χ0v) is 9.57. The molecule has 0 fully saturated rings. The van der Waals surface area contributed by atoms with Gasteiger partial charge in [-0.3, -0.25) is 9.59 Å². The smallest absolute Gasteiger partial charge is 0.163 e. The molecule has 0 saturated carbocycles. The Morgan fingerprint density at radius 1 is 1.29 bits per heavy atom. The highest BCUT2D eigenvalue weighted by atomic mass is 16.1. The maximum absolute atomic E-state index is 11.4. The van der Waals surface area contributed by atoms with E-state index in [0.717, 1.165) is 16.5 Å². The van der Waals surface area contributed by atoms with Gasteiger partial charge in [0.2, 0.25) is 0 Å². The molecule has 17 heavy (non-hydrogen) atoms. The Balaban J connectivity index is 2.23. The SMILES string of the molecule is CC(=O)CC(=O)C=Cc1cccc2[nH]ccc12. The molecule has 2 rings (SSSR count). The molecule has 1 aromatic carbocycles. The number of aromatic amines is 1. The van der Waals surface area contributed by atoms with Crippen LogP contribution in [0, 0.1) is 0 Å². The molecule has 0 aliphatic rings. The first kappa shape index (κ1) is 11.3. The second-order valence-electron chi connectivity index (χ2n) is 3.96. The van der Waals surface area contributed by atoms with Gasteiger partial charge in [0.05, 0.1) is 6.42 Å². The third-order valence-electron chi connectivity index (χ3n) is 2.50. The molecule has 2 aromatic rings. The van der Waals surface area contributed by atoms with Crippen molar-refractivity contribution in [3.63, 3.8) is 0 Å². The number of rotatable bonds is 4. The van der Waals surface area contributed by atoms with Crippen molar-refractivity contribution in [1.29, 1.82) is 0 Å². The van der Waals surface area contributed by atoms with Crippen LogP contribution in [0.1, 0.15) is 18.9 Å². The first-order chi connectivity index (χ1) is 8.16. The fourth-order valence-electron chi connectivity index (χ4n) is 1.74. The first-order valence-electron chi connectivity index (χ1n) is 5.43. The van der Waals surface area contributed by atoms with E-state index in [1.807, 2.05) is 30.5 Å². The topological polar surface area (TPSA) is 49.9 Å². The van der Waals surface area contributed by atoms with E-state index in [-0.39, 0.29) is 18.0 Å². The highest BCUT2D eigenvalue weighted by Gasteiger charge is 2.02. The molecule has 86 valence electrons. The van der Waals surface area contributed by atoms with Gasteiger partial charge >= 0.3 is 0 Å². The van der Waals surface area contributed by atoms with Crippen LogP contribution < -0.4 is 0 Å². The summed E-state index contributed by atoms with van der Waals surface area (Å²) in [7, 11) is 0. The van der Waals surface area contributed by atoms with Gasteiger partial charge in [0.15, 0.2) is 5.78 Å². The van der Waals surface area contributed by atoms with E-state index in [1.54, 1.807) is 6.08 Å². The highest BCUT2D eigenvalue weighted by Crippen LogP contribution is 2.18. The van der Waals surface area contributed by atoms with Gasteiger partial charge in [-0.2, -0.15) is 0 Å². The van der Waals surface area contributed by atoms with Gasteiger partial charge in [-0.15, -0.1) is 0 Å². The zero-order valence-electron chi connectivity index (χ0n) is 9.57. The van der Waals surface area contributed by atoms with Gasteiger partial charge in [0.25, 0.3) is 0 Å². The van der Waals surface area contributed by atoms with Crippen LogP contribution >= 0.6 is 0 Å². The number of aromatic nitrogens is 1. The Morgan fingerprint density at radius 3 is 2.88 bits per heavy atom. The second kappa shape index (κ2) is 4.78. The van der Waals surface area contributed by atoms with E-state index < -0.39 is 0 Å². The molecule has 0 unspecified atom stereocenters. The van der Waals surface area contributed by atoms with Gasteiger partial charge in [-0.1, -0.05) is 18.2 Å². The Hall–Kier alpha value is -2.16. The van der Waals surface area contributed by atoms with Crippen molar-refractivity contribution >= 4 is 28.5 Å². The lowest BCUT2D eigenvalue weighted by atomic mass is 10.1. The van der Waals surface area contributed by atoms with Crippen molar-refractivity contribution in [2.45, 2.75) is 13.3 Å². The zero-order chi connectivity index (χ0) is 12.3. The number of hydrogen-bond donors (Lipinski definition) is 1. The van der Waals surface area contributed by atoms with Crippen LogP contribution in [0.2, 0.25) is 0 Å². The summed E-state index contributed by atoms with van der Waals surface area (Å²) in [4.78, 5) is 25.3. The van der Waals surface area contributed by atoms with E-state index in [1.165, 1.54) is 13.0 Å². The number of benzene rings is 1. The molecule has 0 atom stereocenters. The van der Waals surface area contributed by atoms with Gasteiger partial charge in [0.1, 0.15) is 5.78 Å². The van der Waals surface area contributed by atoms with Crippen LogP contribution in [0.15, 0.2) is 36.5 Å². The van der Waals surface area contributed by atoms with Crippen LogP contribution in [-0.4, -0.2) is 16.6 Å². The lowest BCUT2D eigenvalue weighted by molar-refractivity contribution is -0.123. The largest absolute Gasteiger partial charge is 0.361 e. The molecule has 1 N–H and O–H groups in total. The Kier molecular flexibility index (Phi) is 3.19. The number of allylic oxidation sites excluding steroid dienone is 1. The molecule has 1 heterocycles. The molecule has 0 amide bonds. The Labute approximate surface area is 99.1 Å². The van der Waals surface area contributed by atoms with E-state index in [4.69, 9.17) is 0 Å². The molecule has 0 spiro atoms. The predicted octanol–water partition coefficient (Wildman–Crippen LogP) is 2.73. The fourth-order valence-corrected chi connectivity index (χ4v) is 1.74. The molecule has 3 nitrogen and oxygen atoms in total. The fraction of sp³-hybridized carbons (Fsp3) is 0.143. The maximum atomic E-state index is 11.4. The third-order valence-corrected chi connectivity index (χ3v) is 2.50. The molecule has 0 saturated heterocycles. The average Bonchev–Trinajstić information content (AvgIpc) is 2.73. The molecule has 1 aromatic heterocycles. The molecular weight excluding hydrogens is 214 g/mol. The van der Waals surface area contributed by atoms with Gasteiger partial charge in [0, 0.05) is 17.1 Å². The molecule has 0 aliphatic heterocycles. The number of ketones is 2. The summed E-state index contributed by atoms with van der Waals surface area (Å²) in [5, 5.41) is 1.07. The maximum Gasteiger partial charge on any atom is 0.163 e. The predicted molar refractivity (Wildman–Crippen MR) is 67.6 cm³/mol. The Bertz CT molecular complexity index is 593. The molecular formula is C14H13NO2. The summed E-state index contributed by atoms with van der Waals surface area (Å²) in [6.45, 7) is 1.42. The van der Waals surface area contributed by atoms with Crippen molar-refractivity contribution < 1.29 is 9.59 Å². The van der Waals surface area contributed by atoms with Crippen LogP contribution in [0.3, 0.4) is 0 Å². The van der Waals surface area contributed by atoms with Crippen molar-refractivity contribution in [3.05, 3.63) is 42.1 Å². The molecule has 0 bridgehead atoms. The van der Waals surface area contributed by atoms with Crippen LogP contribution in [0.5, 0.6) is 0 Å². The minimum Gasteiger partial charge on any atom is -0.361 e. The van der Waals surface area contributed by atoms with Crippen molar-refractivity contribution in [2.24, 2.45) is 0 Å². The molecule has 3 heteroatoms. The number of nitrogens with one attached hydrogen (secondary N) is 1. The monoisotopic (exact) mass is 227 g/mol. The van der Waals surface area contributed by atoms with E-state index >= 15 is 0 Å². The normalized spacial score (nSPS) is 11.1. The number of carbonyl (C=O) groups is 2. The summed E-state index contributed by atoms with van der Waals surface area (Å²) in [5.74, 6) is -0.274. The second-order valence-corrected chi connectivity index (χ2v) is 3.96. The summed E-state index contributed by atoms with van der Waals surface area (Å²) < 4.78 is 0. The number of carbonyl (C=O) groups excluding carboxylic acids is 2. The lowest BCUT2D eigenvalue weighted by Gasteiger charge is -1.96. The van der Waals surface area contributed by atoms with E-state index in [9.17, 15) is 9.59 Å². The first-order valence-corrected chi connectivity index (χ1v) is 5.43. The third kappa shape index (κ3) is 2.69. The Morgan fingerprint density at radius 2 is 2.12 bits per heavy atom. The quantitative estimate of drug-likeness (QED) is 0.645. The minimum atomic E-state index is -0.162. The number of fused-ring (bicyclic) bond motifs is 1. The summed E-state index contributed by atoms with van der Waals surface area (Å²) in [5.41, 5.74) is 2.01. The van der Waals surface area contributed by atoms with E-state index in [2.05, 4.69) is 4.98 Å². The molecule has 0 radical (unpaired) electrons. The number of hydrogen-bond acceptors (Lipinski definition) is 2. The number of H-pyrrole nitrogens is 1. The van der Waals surface area contributed by atoms with Gasteiger partial charge in [-0.25, -0.2) is 0 Å². The standard InChI is InChI=1S/C14H13NO2/c1-10(16)9-12(17)6-5-11-3-2-4-14-13(11)7-8-15-14/h2-8,15H,9H2,1H3. The highest BCUT2D eigenvalue weighted by molar-refractivity contribution is 6.06.